The maximum Gasteiger partial charge on any atom is 0.411 e. The lowest BCUT2D eigenvalue weighted by Gasteiger charge is -2.45. The molecule has 0 unspecified atom stereocenters. The van der Waals surface area contributed by atoms with Crippen molar-refractivity contribution in [2.75, 3.05) is 6.54 Å². The second kappa shape index (κ2) is 7.88. The van der Waals surface area contributed by atoms with Gasteiger partial charge in [-0.1, -0.05) is 58.4 Å². The molecule has 2 atom stereocenters. The maximum atomic E-state index is 13.0. The minimum Gasteiger partial charge on any atom is -0.438 e. The van der Waals surface area contributed by atoms with Crippen LogP contribution in [0, 0.1) is 6.92 Å². The number of aliphatic hydroxyl groups is 1. The molecule has 1 saturated heterocycles. The predicted octanol–water partition coefficient (Wildman–Crippen LogP) is 5.72. The van der Waals surface area contributed by atoms with Gasteiger partial charge < -0.3 is 14.7 Å². The molecule has 2 aromatic rings. The van der Waals surface area contributed by atoms with Crippen molar-refractivity contribution in [2.45, 2.75) is 57.8 Å². The zero-order valence-electron chi connectivity index (χ0n) is 16.9. The van der Waals surface area contributed by atoms with E-state index >= 15 is 0 Å². The number of carbonyl (C=O) groups is 1. The molecule has 1 fully saturated rings. The van der Waals surface area contributed by atoms with Gasteiger partial charge in [-0.15, -0.1) is 0 Å². The normalized spacial score (nSPS) is 21.4. The third-order valence-corrected chi connectivity index (χ3v) is 6.31. The first-order valence-electron chi connectivity index (χ1n) is 9.65. The van der Waals surface area contributed by atoms with Crippen LogP contribution in [-0.4, -0.2) is 28.2 Å². The van der Waals surface area contributed by atoms with Crippen molar-refractivity contribution in [1.82, 2.24) is 4.90 Å². The van der Waals surface area contributed by atoms with Gasteiger partial charge in [-0.05, 0) is 50.5 Å². The fraction of sp³-hybridized carbons (Fsp3) is 0.435. The Balaban J connectivity index is 1.87. The number of nitrogens with zero attached hydrogens (tertiary/aromatic N) is 1. The summed E-state index contributed by atoms with van der Waals surface area (Å²) in [5, 5.41) is 10.5. The zero-order chi connectivity index (χ0) is 20.5. The molecule has 1 N–H and O–H groups in total. The molecule has 1 aliphatic rings. The Labute approximate surface area is 175 Å². The molecule has 0 bridgehead atoms. The molecule has 2 aromatic carbocycles. The third-order valence-electron chi connectivity index (χ3n) is 5.42. The fourth-order valence-corrected chi connectivity index (χ4v) is 4.25. The highest BCUT2D eigenvalue weighted by atomic mass is 79.9. The number of aryl methyl sites for hydroxylation is 1. The molecule has 3 rings (SSSR count). The summed E-state index contributed by atoms with van der Waals surface area (Å²) in [6, 6.07) is 15.8. The molecular weight excluding hydrogens is 418 g/mol. The summed E-state index contributed by atoms with van der Waals surface area (Å²) in [5.74, 6) is 0. The van der Waals surface area contributed by atoms with Crippen LogP contribution in [0.1, 0.15) is 56.3 Å². The third kappa shape index (κ3) is 4.41. The Bertz CT molecular complexity index is 847. The quantitative estimate of drug-likeness (QED) is 0.640. The Morgan fingerprint density at radius 1 is 1.25 bits per heavy atom. The van der Waals surface area contributed by atoms with E-state index in [0.29, 0.717) is 19.4 Å². The second-order valence-electron chi connectivity index (χ2n) is 8.35. The number of carbonyl (C=O) groups excluding carboxylic acids is 1. The van der Waals surface area contributed by atoms with Gasteiger partial charge in [0.25, 0.3) is 0 Å². The van der Waals surface area contributed by atoms with E-state index < -0.39 is 11.2 Å². The first-order chi connectivity index (χ1) is 13.1. The molecular formula is C23H28BrNO3. The van der Waals surface area contributed by atoms with Crippen molar-refractivity contribution in [3.05, 3.63) is 69.7 Å². The molecule has 0 spiro atoms. The van der Waals surface area contributed by atoms with Crippen LogP contribution < -0.4 is 0 Å². The number of amides is 1. The number of hydrogen-bond donors (Lipinski definition) is 1. The molecule has 150 valence electrons. The van der Waals surface area contributed by atoms with E-state index in [9.17, 15) is 9.90 Å². The van der Waals surface area contributed by atoms with E-state index in [1.54, 1.807) is 18.7 Å². The minimum atomic E-state index is -0.952. The van der Waals surface area contributed by atoms with Crippen LogP contribution in [0.3, 0.4) is 0 Å². The van der Waals surface area contributed by atoms with E-state index in [0.717, 1.165) is 21.2 Å². The largest absolute Gasteiger partial charge is 0.438 e. The monoisotopic (exact) mass is 445 g/mol. The van der Waals surface area contributed by atoms with Gasteiger partial charge in [-0.2, -0.15) is 0 Å². The Morgan fingerprint density at radius 2 is 1.93 bits per heavy atom. The van der Waals surface area contributed by atoms with Crippen molar-refractivity contribution in [1.29, 1.82) is 0 Å². The first-order valence-corrected chi connectivity index (χ1v) is 10.4. The zero-order valence-corrected chi connectivity index (χ0v) is 18.5. The summed E-state index contributed by atoms with van der Waals surface area (Å²) < 4.78 is 7.12. The van der Waals surface area contributed by atoms with Gasteiger partial charge in [0.15, 0.2) is 0 Å². The number of rotatable bonds is 5. The van der Waals surface area contributed by atoms with Crippen molar-refractivity contribution < 1.29 is 14.6 Å². The van der Waals surface area contributed by atoms with Gasteiger partial charge in [0.05, 0.1) is 11.6 Å². The van der Waals surface area contributed by atoms with E-state index in [-0.39, 0.29) is 12.1 Å². The van der Waals surface area contributed by atoms with Crippen molar-refractivity contribution in [3.8, 4) is 0 Å². The minimum absolute atomic E-state index is 0.0878. The van der Waals surface area contributed by atoms with Crippen LogP contribution in [0.15, 0.2) is 53.0 Å². The van der Waals surface area contributed by atoms with Crippen LogP contribution in [0.2, 0.25) is 0 Å². The summed E-state index contributed by atoms with van der Waals surface area (Å²) in [5.41, 5.74) is 1.37. The number of ether oxygens (including phenoxy) is 1. The van der Waals surface area contributed by atoms with Gasteiger partial charge in [0.1, 0.15) is 5.60 Å². The van der Waals surface area contributed by atoms with Gasteiger partial charge >= 0.3 is 6.09 Å². The highest BCUT2D eigenvalue weighted by Gasteiger charge is 2.46. The van der Waals surface area contributed by atoms with E-state index in [2.05, 4.69) is 22.0 Å². The molecule has 0 aliphatic carbocycles. The number of benzene rings is 2. The van der Waals surface area contributed by atoms with Crippen molar-refractivity contribution in [3.63, 3.8) is 0 Å². The Hall–Kier alpha value is -1.85. The molecule has 28 heavy (non-hydrogen) atoms. The van der Waals surface area contributed by atoms with Crippen LogP contribution in [-0.2, 0) is 10.3 Å². The van der Waals surface area contributed by atoms with Gasteiger partial charge in [0, 0.05) is 23.9 Å². The second-order valence-corrected chi connectivity index (χ2v) is 9.20. The SMILES string of the molecule is Cc1cc([C@H](C)N2CC[C@](CC(C)(C)O)(c3ccccc3)OC2=O)ccc1Br. The van der Waals surface area contributed by atoms with Crippen LogP contribution in [0.25, 0.3) is 0 Å². The van der Waals surface area contributed by atoms with E-state index in [4.69, 9.17) is 4.74 Å². The Morgan fingerprint density at radius 3 is 2.50 bits per heavy atom. The smallest absolute Gasteiger partial charge is 0.411 e. The lowest BCUT2D eigenvalue weighted by atomic mass is 9.80. The lowest BCUT2D eigenvalue weighted by Crippen LogP contribution is -2.51. The molecule has 0 saturated carbocycles. The Kier molecular flexibility index (Phi) is 5.87. The summed E-state index contributed by atoms with van der Waals surface area (Å²) >= 11 is 3.53. The van der Waals surface area contributed by atoms with Crippen molar-refractivity contribution in [2.24, 2.45) is 0 Å². The van der Waals surface area contributed by atoms with E-state index in [1.165, 1.54) is 0 Å². The van der Waals surface area contributed by atoms with Crippen molar-refractivity contribution >= 4 is 22.0 Å². The standard InChI is InChI=1S/C23H28BrNO3/c1-16-14-18(10-11-20(16)24)17(2)25-13-12-23(28-21(25)26,15-22(3,4)27)19-8-6-5-7-9-19/h5-11,14,17,27H,12-13,15H2,1-4H3/t17-,23-/m0/s1. The molecule has 1 amide bonds. The maximum absolute atomic E-state index is 13.0. The molecule has 1 aliphatic heterocycles. The van der Waals surface area contributed by atoms with Crippen LogP contribution >= 0.6 is 15.9 Å². The summed E-state index contributed by atoms with van der Waals surface area (Å²) in [4.78, 5) is 14.8. The summed E-state index contributed by atoms with van der Waals surface area (Å²) in [6.45, 7) is 8.14. The van der Waals surface area contributed by atoms with Gasteiger partial charge in [-0.3, -0.25) is 0 Å². The molecule has 5 heteroatoms. The number of hydrogen-bond acceptors (Lipinski definition) is 3. The van der Waals surface area contributed by atoms with E-state index in [1.807, 2.05) is 56.3 Å². The highest BCUT2D eigenvalue weighted by molar-refractivity contribution is 9.10. The molecule has 4 nitrogen and oxygen atoms in total. The average molecular weight is 446 g/mol. The fourth-order valence-electron chi connectivity index (χ4n) is 4.00. The molecule has 0 radical (unpaired) electrons. The summed E-state index contributed by atoms with van der Waals surface area (Å²) in [7, 11) is 0. The molecule has 0 aromatic heterocycles. The highest BCUT2D eigenvalue weighted by Crippen LogP contribution is 2.42. The average Bonchev–Trinajstić information content (AvgIpc) is 2.63. The van der Waals surface area contributed by atoms with Gasteiger partial charge in [-0.25, -0.2) is 4.79 Å². The van der Waals surface area contributed by atoms with Crippen LogP contribution in [0.4, 0.5) is 4.79 Å². The first kappa shape index (κ1) is 20.9. The number of halogens is 1. The van der Waals surface area contributed by atoms with Gasteiger partial charge in [0.2, 0.25) is 0 Å². The predicted molar refractivity (Wildman–Crippen MR) is 114 cm³/mol. The lowest BCUT2D eigenvalue weighted by molar-refractivity contribution is -0.101. The summed E-state index contributed by atoms with van der Waals surface area (Å²) in [6.07, 6.45) is 0.648. The van der Waals surface area contributed by atoms with Crippen LogP contribution in [0.5, 0.6) is 0 Å². The topological polar surface area (TPSA) is 49.8 Å². The molecule has 1 heterocycles. The number of cyclic esters (lactones) is 1.